The Morgan fingerprint density at radius 1 is 1.45 bits per heavy atom. The first-order valence-electron chi connectivity index (χ1n) is 5.63. The smallest absolute Gasteiger partial charge is 0.466 e. The normalized spacial score (nSPS) is 11.2. The predicted octanol–water partition coefficient (Wildman–Crippen LogP) is 0.838. The van der Waals surface area contributed by atoms with E-state index >= 15 is 0 Å². The third-order valence-electron chi connectivity index (χ3n) is 2.18. The third kappa shape index (κ3) is 4.57. The molecule has 1 aromatic heterocycles. The summed E-state index contributed by atoms with van der Waals surface area (Å²) in [5.74, 6) is -1.54. The summed E-state index contributed by atoms with van der Waals surface area (Å²) < 4.78 is 44.8. The number of alkyl halides is 3. The maximum Gasteiger partial charge on any atom is 0.573 e. The van der Waals surface area contributed by atoms with Crippen LogP contribution in [-0.4, -0.2) is 23.9 Å². The van der Waals surface area contributed by atoms with E-state index in [2.05, 4.69) is 14.5 Å². The number of esters is 1. The zero-order valence-electron chi connectivity index (χ0n) is 10.5. The fourth-order valence-corrected chi connectivity index (χ4v) is 1.49. The lowest BCUT2D eigenvalue weighted by atomic mass is 10.2. The Kier molecular flexibility index (Phi) is 5.14. The first kappa shape index (κ1) is 16.0. The fraction of sp³-hybridized carbons (Fsp3) is 0.455. The van der Waals surface area contributed by atoms with E-state index < -0.39 is 23.5 Å². The second-order valence-electron chi connectivity index (χ2n) is 3.70. The van der Waals surface area contributed by atoms with Crippen molar-refractivity contribution in [3.05, 3.63) is 27.7 Å². The number of carbonyl (C=O) groups is 1. The molecule has 0 aliphatic carbocycles. The summed E-state index contributed by atoms with van der Waals surface area (Å²) in [6.45, 7) is 1.38. The molecule has 0 bridgehead atoms. The van der Waals surface area contributed by atoms with Gasteiger partial charge in [-0.3, -0.25) is 9.59 Å². The Labute approximate surface area is 111 Å². The van der Waals surface area contributed by atoms with Crippen LogP contribution in [0.5, 0.6) is 5.75 Å². The summed E-state index contributed by atoms with van der Waals surface area (Å²) >= 11 is 0. The van der Waals surface area contributed by atoms with Gasteiger partial charge in [-0.25, -0.2) is 0 Å². The van der Waals surface area contributed by atoms with Crippen LogP contribution in [0.25, 0.3) is 0 Å². The van der Waals surface area contributed by atoms with Gasteiger partial charge < -0.3 is 20.2 Å². The Balaban J connectivity index is 3.07. The van der Waals surface area contributed by atoms with Crippen molar-refractivity contribution >= 4 is 5.97 Å². The van der Waals surface area contributed by atoms with Gasteiger partial charge in [-0.15, -0.1) is 13.2 Å². The molecule has 1 rings (SSSR count). The lowest BCUT2D eigenvalue weighted by molar-refractivity contribution is -0.275. The molecule has 0 saturated heterocycles. The lowest BCUT2D eigenvalue weighted by Crippen LogP contribution is -2.25. The molecule has 6 nitrogen and oxygen atoms in total. The molecule has 0 radical (unpaired) electrons. The average molecular weight is 294 g/mol. The molecule has 112 valence electrons. The standard InChI is InChI=1S/C11H13F3N2O4/c1-2-19-9(18)4-6-3-8(17)10(7(5-15)16-6)20-11(12,13)14/h3H,2,4-5,15H2,1H3,(H,16,17). The van der Waals surface area contributed by atoms with Gasteiger partial charge in [0.05, 0.1) is 18.7 Å². The Bertz CT molecular complexity index is 539. The summed E-state index contributed by atoms with van der Waals surface area (Å²) in [4.78, 5) is 25.3. The van der Waals surface area contributed by atoms with Crippen molar-refractivity contribution in [1.82, 2.24) is 4.98 Å². The molecule has 0 aliphatic rings. The summed E-state index contributed by atoms with van der Waals surface area (Å²) in [7, 11) is 0. The molecule has 1 aromatic rings. The van der Waals surface area contributed by atoms with E-state index in [0.717, 1.165) is 6.07 Å². The van der Waals surface area contributed by atoms with Crippen LogP contribution in [0.1, 0.15) is 18.3 Å². The van der Waals surface area contributed by atoms with Crippen LogP contribution in [0.3, 0.4) is 0 Å². The molecule has 0 aromatic carbocycles. The van der Waals surface area contributed by atoms with Crippen LogP contribution in [0.15, 0.2) is 10.9 Å². The van der Waals surface area contributed by atoms with Crippen molar-refractivity contribution in [3.63, 3.8) is 0 Å². The highest BCUT2D eigenvalue weighted by atomic mass is 19.4. The number of H-pyrrole nitrogens is 1. The quantitative estimate of drug-likeness (QED) is 0.785. The van der Waals surface area contributed by atoms with Crippen LogP contribution < -0.4 is 15.9 Å². The third-order valence-corrected chi connectivity index (χ3v) is 2.18. The molecule has 0 saturated carbocycles. The van der Waals surface area contributed by atoms with Crippen LogP contribution >= 0.6 is 0 Å². The van der Waals surface area contributed by atoms with Crippen molar-refractivity contribution in [2.45, 2.75) is 26.3 Å². The molecular weight excluding hydrogens is 281 g/mol. The van der Waals surface area contributed by atoms with E-state index in [9.17, 15) is 22.8 Å². The number of nitrogens with one attached hydrogen (secondary N) is 1. The second kappa shape index (κ2) is 6.42. The zero-order valence-corrected chi connectivity index (χ0v) is 10.5. The SMILES string of the molecule is CCOC(=O)Cc1cc(=O)c(OC(F)(F)F)c(CN)[nH]1. The Morgan fingerprint density at radius 2 is 2.10 bits per heavy atom. The van der Waals surface area contributed by atoms with Crippen molar-refractivity contribution in [3.8, 4) is 5.75 Å². The molecule has 0 spiro atoms. The summed E-state index contributed by atoms with van der Waals surface area (Å²) in [5, 5.41) is 0. The van der Waals surface area contributed by atoms with Crippen molar-refractivity contribution in [2.75, 3.05) is 6.61 Å². The Hall–Kier alpha value is -2.03. The number of nitrogens with two attached hydrogens (primary N) is 1. The van der Waals surface area contributed by atoms with E-state index in [-0.39, 0.29) is 31.0 Å². The minimum Gasteiger partial charge on any atom is -0.466 e. The molecule has 20 heavy (non-hydrogen) atoms. The number of carbonyl (C=O) groups excluding carboxylic acids is 1. The highest BCUT2D eigenvalue weighted by Gasteiger charge is 2.33. The van der Waals surface area contributed by atoms with Crippen molar-refractivity contribution < 1.29 is 27.4 Å². The number of rotatable bonds is 5. The molecule has 0 amide bonds. The number of pyridine rings is 1. The predicted molar refractivity (Wildman–Crippen MR) is 62.0 cm³/mol. The largest absolute Gasteiger partial charge is 0.573 e. The first-order valence-corrected chi connectivity index (χ1v) is 5.63. The molecule has 0 fully saturated rings. The second-order valence-corrected chi connectivity index (χ2v) is 3.70. The number of hydrogen-bond acceptors (Lipinski definition) is 5. The highest BCUT2D eigenvalue weighted by molar-refractivity contribution is 5.72. The van der Waals surface area contributed by atoms with Crippen LogP contribution in [0.4, 0.5) is 13.2 Å². The topological polar surface area (TPSA) is 94.4 Å². The fourth-order valence-electron chi connectivity index (χ4n) is 1.49. The number of halogens is 3. The van der Waals surface area contributed by atoms with Crippen LogP contribution in [0.2, 0.25) is 0 Å². The maximum absolute atomic E-state index is 12.2. The maximum atomic E-state index is 12.2. The molecule has 0 aliphatic heterocycles. The Morgan fingerprint density at radius 3 is 2.60 bits per heavy atom. The van der Waals surface area contributed by atoms with Gasteiger partial charge in [0.25, 0.3) is 0 Å². The minimum absolute atomic E-state index is 0.100. The minimum atomic E-state index is -5.00. The number of aromatic amines is 1. The van der Waals surface area contributed by atoms with Gasteiger partial charge in [0.2, 0.25) is 5.43 Å². The summed E-state index contributed by atoms with van der Waals surface area (Å²) in [6, 6.07) is 0.844. The molecule has 1 heterocycles. The molecule has 0 atom stereocenters. The van der Waals surface area contributed by atoms with Gasteiger partial charge in [-0.05, 0) is 6.92 Å². The first-order chi connectivity index (χ1) is 9.26. The summed E-state index contributed by atoms with van der Waals surface area (Å²) in [5.41, 5.74) is 4.11. The number of ether oxygens (including phenoxy) is 2. The molecular formula is C11H13F3N2O4. The molecule has 0 unspecified atom stereocenters. The van der Waals surface area contributed by atoms with E-state index in [1.165, 1.54) is 0 Å². The van der Waals surface area contributed by atoms with E-state index in [1.54, 1.807) is 6.92 Å². The van der Waals surface area contributed by atoms with Crippen LogP contribution in [0, 0.1) is 0 Å². The van der Waals surface area contributed by atoms with E-state index in [1.807, 2.05) is 0 Å². The summed E-state index contributed by atoms with van der Waals surface area (Å²) in [6.07, 6.45) is -5.28. The number of aromatic nitrogens is 1. The van der Waals surface area contributed by atoms with Gasteiger partial charge in [0, 0.05) is 18.3 Å². The lowest BCUT2D eigenvalue weighted by Gasteiger charge is -2.13. The van der Waals surface area contributed by atoms with Gasteiger partial charge >= 0.3 is 12.3 Å². The van der Waals surface area contributed by atoms with Gasteiger partial charge in [-0.1, -0.05) is 0 Å². The molecule has 9 heteroatoms. The highest BCUT2D eigenvalue weighted by Crippen LogP contribution is 2.22. The molecule has 3 N–H and O–H groups in total. The van der Waals surface area contributed by atoms with E-state index in [0.29, 0.717) is 0 Å². The monoisotopic (exact) mass is 294 g/mol. The average Bonchev–Trinajstić information content (AvgIpc) is 2.31. The van der Waals surface area contributed by atoms with E-state index in [4.69, 9.17) is 5.73 Å². The number of hydrogen-bond donors (Lipinski definition) is 2. The van der Waals surface area contributed by atoms with Crippen molar-refractivity contribution in [2.24, 2.45) is 5.73 Å². The van der Waals surface area contributed by atoms with Gasteiger partial charge in [0.1, 0.15) is 0 Å². The zero-order chi connectivity index (χ0) is 15.3. The van der Waals surface area contributed by atoms with Gasteiger partial charge in [0.15, 0.2) is 5.75 Å². The van der Waals surface area contributed by atoms with Crippen molar-refractivity contribution in [1.29, 1.82) is 0 Å². The van der Waals surface area contributed by atoms with Crippen LogP contribution in [-0.2, 0) is 22.5 Å². The van der Waals surface area contributed by atoms with Gasteiger partial charge in [-0.2, -0.15) is 0 Å².